The number of fused-ring (bicyclic) bond motifs is 1. The van der Waals surface area contributed by atoms with Gasteiger partial charge >= 0.3 is 5.97 Å². The Hall–Kier alpha value is -1.43. The van der Waals surface area contributed by atoms with E-state index in [2.05, 4.69) is 9.98 Å². The Morgan fingerprint density at radius 3 is 3.00 bits per heavy atom. The molecule has 1 unspecified atom stereocenters. The first-order valence-corrected chi connectivity index (χ1v) is 4.33. The van der Waals surface area contributed by atoms with Gasteiger partial charge in [-0.05, 0) is 0 Å². The van der Waals surface area contributed by atoms with Crippen molar-refractivity contribution in [2.45, 2.75) is 5.37 Å². The first kappa shape index (κ1) is 8.18. The van der Waals surface area contributed by atoms with Gasteiger partial charge in [-0.15, -0.1) is 0 Å². The molecule has 0 spiro atoms. The van der Waals surface area contributed by atoms with Gasteiger partial charge in [0.25, 0.3) is 0 Å². The summed E-state index contributed by atoms with van der Waals surface area (Å²) in [5, 5.41) is 8.12. The second-order valence-electron chi connectivity index (χ2n) is 2.40. The zero-order chi connectivity index (χ0) is 9.42. The minimum Gasteiger partial charge on any atom is -0.479 e. The number of carboxylic acids is 1. The highest BCUT2D eigenvalue weighted by molar-refractivity contribution is 8.17. The molecule has 2 rings (SSSR count). The predicted octanol–water partition coefficient (Wildman–Crippen LogP) is 0.0798. The maximum absolute atomic E-state index is 11.1. The molecule has 0 saturated heterocycles. The van der Waals surface area contributed by atoms with Crippen LogP contribution in [0.2, 0.25) is 0 Å². The zero-order valence-electron chi connectivity index (χ0n) is 6.30. The molecule has 0 aliphatic carbocycles. The van der Waals surface area contributed by atoms with Crippen molar-refractivity contribution in [3.63, 3.8) is 0 Å². The van der Waals surface area contributed by atoms with Crippen molar-refractivity contribution in [2.24, 2.45) is 9.98 Å². The fourth-order valence-corrected chi connectivity index (χ4v) is 1.84. The summed E-state index contributed by atoms with van der Waals surface area (Å²) in [6, 6.07) is 0. The van der Waals surface area contributed by atoms with Gasteiger partial charge in [0.15, 0.2) is 5.37 Å². The molecule has 0 aromatic heterocycles. The normalized spacial score (nSPS) is 25.2. The largest absolute Gasteiger partial charge is 0.479 e. The summed E-state index contributed by atoms with van der Waals surface area (Å²) in [4.78, 5) is 29.3. The van der Waals surface area contributed by atoms with Crippen LogP contribution in [0.1, 0.15) is 0 Å². The molecule has 0 saturated carbocycles. The lowest BCUT2D eigenvalue weighted by atomic mass is 10.2. The fraction of sp³-hybridized carbons (Fsp3) is 0.143. The van der Waals surface area contributed by atoms with Crippen LogP contribution in [0, 0.1) is 0 Å². The molecule has 0 amide bonds. The Balaban J connectivity index is 2.35. The lowest BCUT2D eigenvalue weighted by molar-refractivity contribution is -0.136. The summed E-state index contributed by atoms with van der Waals surface area (Å²) >= 11 is 0.981. The molecule has 2 aliphatic rings. The lowest BCUT2D eigenvalue weighted by Gasteiger charge is -1.99. The molecule has 0 aromatic rings. The van der Waals surface area contributed by atoms with Crippen molar-refractivity contribution in [2.75, 3.05) is 0 Å². The second-order valence-corrected chi connectivity index (χ2v) is 3.47. The average Bonchev–Trinajstić information content (AvgIpc) is 2.49. The van der Waals surface area contributed by atoms with Crippen LogP contribution in [0.4, 0.5) is 0 Å². The van der Waals surface area contributed by atoms with Crippen LogP contribution in [0.15, 0.2) is 22.3 Å². The van der Waals surface area contributed by atoms with Gasteiger partial charge in [0.1, 0.15) is 10.8 Å². The third-order valence-corrected chi connectivity index (χ3v) is 2.59. The number of allylic oxidation sites excluding steroid dienone is 1. The third-order valence-electron chi connectivity index (χ3n) is 1.53. The molecule has 0 aromatic carbocycles. The van der Waals surface area contributed by atoms with E-state index in [9.17, 15) is 9.59 Å². The van der Waals surface area contributed by atoms with E-state index in [1.54, 1.807) is 0 Å². The number of carbonyl (C=O) groups excluding carboxylic acids is 1. The Bertz CT molecular complexity index is 383. The summed E-state index contributed by atoms with van der Waals surface area (Å²) in [6.45, 7) is 0. The zero-order valence-corrected chi connectivity index (χ0v) is 7.11. The summed E-state index contributed by atoms with van der Waals surface area (Å²) in [7, 11) is 0. The van der Waals surface area contributed by atoms with Crippen molar-refractivity contribution < 1.29 is 14.7 Å². The van der Waals surface area contributed by atoms with Crippen LogP contribution in [0.25, 0.3) is 0 Å². The quantitative estimate of drug-likeness (QED) is 0.644. The van der Waals surface area contributed by atoms with Gasteiger partial charge in [0.05, 0.1) is 0 Å². The van der Waals surface area contributed by atoms with Gasteiger partial charge < -0.3 is 5.11 Å². The van der Waals surface area contributed by atoms with E-state index in [0.717, 1.165) is 11.8 Å². The van der Waals surface area contributed by atoms with E-state index in [1.807, 2.05) is 0 Å². The van der Waals surface area contributed by atoms with Crippen molar-refractivity contribution in [1.29, 1.82) is 0 Å². The molecule has 1 atom stereocenters. The molecule has 0 fully saturated rings. The van der Waals surface area contributed by atoms with E-state index >= 15 is 0 Å². The highest BCUT2D eigenvalue weighted by Crippen LogP contribution is 2.25. The molecule has 1 N–H and O–H groups in total. The second kappa shape index (κ2) is 2.81. The molecular formula is C7H4N2O3S. The minimum atomic E-state index is -1.05. The number of hydrogen-bond donors (Lipinski definition) is 1. The summed E-state index contributed by atoms with van der Waals surface area (Å²) < 4.78 is 0. The van der Waals surface area contributed by atoms with E-state index in [-0.39, 0.29) is 11.5 Å². The van der Waals surface area contributed by atoms with Gasteiger partial charge in [0.2, 0.25) is 5.78 Å². The standard InChI is InChI=1S/C7H4N2O3S/c10-3-1-2-8-5-4(3)9-6(13-5)7(11)12/h1-2,6H,(H,11,12). The minimum absolute atomic E-state index is 0.167. The number of aliphatic imine (C=N–C) groups is 2. The first-order chi connectivity index (χ1) is 6.18. The SMILES string of the molecule is O=C1C=CN=C2SC(C(=O)O)N=C12. The molecule has 5 nitrogen and oxygen atoms in total. The van der Waals surface area contributed by atoms with Crippen molar-refractivity contribution in [1.82, 2.24) is 0 Å². The van der Waals surface area contributed by atoms with E-state index in [0.29, 0.717) is 5.04 Å². The molecule has 2 aliphatic heterocycles. The molecule has 6 heteroatoms. The third kappa shape index (κ3) is 1.29. The topological polar surface area (TPSA) is 79.1 Å². The van der Waals surface area contributed by atoms with Crippen LogP contribution in [-0.4, -0.2) is 33.0 Å². The maximum atomic E-state index is 11.1. The van der Waals surface area contributed by atoms with E-state index in [4.69, 9.17) is 5.11 Å². The van der Waals surface area contributed by atoms with Gasteiger partial charge in [-0.25, -0.2) is 9.79 Å². The average molecular weight is 196 g/mol. The number of carboxylic acid groups (broad SMARTS) is 1. The van der Waals surface area contributed by atoms with Crippen molar-refractivity contribution in [3.8, 4) is 0 Å². The predicted molar refractivity (Wildman–Crippen MR) is 48.0 cm³/mol. The molecule has 0 radical (unpaired) electrons. The Labute approximate surface area is 77.3 Å². The molecular weight excluding hydrogens is 192 g/mol. The van der Waals surface area contributed by atoms with Crippen LogP contribution in [0.5, 0.6) is 0 Å². The molecule has 2 heterocycles. The van der Waals surface area contributed by atoms with Gasteiger partial charge in [-0.2, -0.15) is 0 Å². The number of thioether (sulfide) groups is 1. The highest BCUT2D eigenvalue weighted by Gasteiger charge is 2.33. The number of ketones is 1. The highest BCUT2D eigenvalue weighted by atomic mass is 32.2. The number of aliphatic carboxylic acids is 1. The number of nitrogens with zero attached hydrogens (tertiary/aromatic N) is 2. The van der Waals surface area contributed by atoms with Crippen LogP contribution in [-0.2, 0) is 9.59 Å². The number of rotatable bonds is 1. The molecule has 13 heavy (non-hydrogen) atoms. The first-order valence-electron chi connectivity index (χ1n) is 3.45. The number of hydrogen-bond acceptors (Lipinski definition) is 5. The van der Waals surface area contributed by atoms with E-state index < -0.39 is 11.3 Å². The van der Waals surface area contributed by atoms with Gasteiger partial charge in [-0.1, -0.05) is 11.8 Å². The monoisotopic (exact) mass is 196 g/mol. The summed E-state index contributed by atoms with van der Waals surface area (Å²) in [6.07, 6.45) is 2.63. The van der Waals surface area contributed by atoms with Crippen molar-refractivity contribution in [3.05, 3.63) is 12.3 Å². The molecule has 0 bridgehead atoms. The Morgan fingerprint density at radius 1 is 1.62 bits per heavy atom. The summed E-state index contributed by atoms with van der Waals surface area (Å²) in [5.41, 5.74) is 0.167. The van der Waals surface area contributed by atoms with Crippen molar-refractivity contribution >= 4 is 34.3 Å². The maximum Gasteiger partial charge on any atom is 0.339 e. The lowest BCUT2D eigenvalue weighted by Crippen LogP contribution is -2.18. The van der Waals surface area contributed by atoms with Gasteiger partial charge in [0, 0.05) is 12.3 Å². The Kier molecular flexibility index (Phi) is 1.77. The van der Waals surface area contributed by atoms with Crippen LogP contribution >= 0.6 is 11.8 Å². The number of carbonyl (C=O) groups is 2. The van der Waals surface area contributed by atoms with E-state index in [1.165, 1.54) is 12.3 Å². The van der Waals surface area contributed by atoms with Crippen LogP contribution < -0.4 is 0 Å². The Morgan fingerprint density at radius 2 is 2.38 bits per heavy atom. The van der Waals surface area contributed by atoms with Gasteiger partial charge in [-0.3, -0.25) is 9.79 Å². The molecule has 66 valence electrons. The summed E-state index contributed by atoms with van der Waals surface area (Å²) in [5.74, 6) is -1.33. The fourth-order valence-electron chi connectivity index (χ4n) is 0.978. The smallest absolute Gasteiger partial charge is 0.339 e. The van der Waals surface area contributed by atoms with Crippen LogP contribution in [0.3, 0.4) is 0 Å².